The van der Waals surface area contributed by atoms with E-state index in [0.717, 1.165) is 25.8 Å². The minimum absolute atomic E-state index is 0.0717. The fourth-order valence-corrected chi connectivity index (χ4v) is 2.64. The van der Waals surface area contributed by atoms with Gasteiger partial charge in [-0.15, -0.1) is 0 Å². The molecule has 0 aliphatic carbocycles. The van der Waals surface area contributed by atoms with Gasteiger partial charge >= 0.3 is 0 Å². The number of fused-ring (bicyclic) bond motifs is 1. The molecule has 2 rings (SSSR count). The summed E-state index contributed by atoms with van der Waals surface area (Å²) in [5, 5.41) is 0. The van der Waals surface area contributed by atoms with Gasteiger partial charge in [-0.25, -0.2) is 0 Å². The van der Waals surface area contributed by atoms with Gasteiger partial charge in [0.2, 0.25) is 11.8 Å². The van der Waals surface area contributed by atoms with Crippen LogP contribution in [0.3, 0.4) is 0 Å². The molecule has 0 radical (unpaired) electrons. The first kappa shape index (κ1) is 12.3. The molecule has 0 spiro atoms. The van der Waals surface area contributed by atoms with Crippen molar-refractivity contribution in [1.29, 1.82) is 0 Å². The lowest BCUT2D eigenvalue weighted by molar-refractivity contribution is -0.153. The highest BCUT2D eigenvalue weighted by atomic mass is 32.1. The third kappa shape index (κ3) is 2.57. The van der Waals surface area contributed by atoms with Crippen LogP contribution < -0.4 is 5.73 Å². The Morgan fingerprint density at radius 1 is 1.47 bits per heavy atom. The Hall–Kier alpha value is -1.17. The molecule has 0 aromatic carbocycles. The smallest absolute Gasteiger partial charge is 0.245 e. The van der Waals surface area contributed by atoms with Crippen LogP contribution in [0.15, 0.2) is 0 Å². The van der Waals surface area contributed by atoms with E-state index in [4.69, 9.17) is 18.0 Å². The molecule has 2 saturated heterocycles. The zero-order valence-corrected chi connectivity index (χ0v) is 10.5. The van der Waals surface area contributed by atoms with Gasteiger partial charge in [0.1, 0.15) is 6.04 Å². The van der Waals surface area contributed by atoms with Crippen LogP contribution in [0.25, 0.3) is 0 Å². The topological polar surface area (TPSA) is 66.6 Å². The molecule has 5 nitrogen and oxygen atoms in total. The Bertz CT molecular complexity index is 359. The van der Waals surface area contributed by atoms with Crippen molar-refractivity contribution < 1.29 is 9.59 Å². The van der Waals surface area contributed by atoms with Gasteiger partial charge in [0.15, 0.2) is 0 Å². The minimum Gasteiger partial charge on any atom is -0.393 e. The first-order valence-corrected chi connectivity index (χ1v) is 6.37. The molecule has 2 aliphatic heterocycles. The highest BCUT2D eigenvalue weighted by Crippen LogP contribution is 2.23. The van der Waals surface area contributed by atoms with E-state index in [1.54, 1.807) is 9.80 Å². The van der Waals surface area contributed by atoms with E-state index in [1.807, 2.05) is 0 Å². The summed E-state index contributed by atoms with van der Waals surface area (Å²) < 4.78 is 0. The number of thiocarbonyl (C=S) groups is 1. The molecule has 2 amide bonds. The fourth-order valence-electron chi connectivity index (χ4n) is 2.50. The molecule has 2 fully saturated rings. The number of amides is 2. The Morgan fingerprint density at radius 2 is 2.24 bits per heavy atom. The highest BCUT2D eigenvalue weighted by Gasteiger charge is 2.41. The van der Waals surface area contributed by atoms with Gasteiger partial charge in [-0.2, -0.15) is 0 Å². The Morgan fingerprint density at radius 3 is 2.94 bits per heavy atom. The summed E-state index contributed by atoms with van der Waals surface area (Å²) in [5.74, 6) is 0.160. The molecule has 0 aromatic heterocycles. The summed E-state index contributed by atoms with van der Waals surface area (Å²) in [7, 11) is 0. The highest BCUT2D eigenvalue weighted by molar-refractivity contribution is 7.80. The Labute approximate surface area is 106 Å². The maximum absolute atomic E-state index is 12.1. The molecule has 2 heterocycles. The van der Waals surface area contributed by atoms with Crippen LogP contribution in [-0.2, 0) is 9.59 Å². The first-order chi connectivity index (χ1) is 8.09. The molecule has 1 unspecified atom stereocenters. The fraction of sp³-hybridized carbons (Fsp3) is 0.727. The third-order valence-corrected chi connectivity index (χ3v) is 3.55. The average molecular weight is 255 g/mol. The van der Waals surface area contributed by atoms with E-state index in [1.165, 1.54) is 0 Å². The number of hydrogen-bond acceptors (Lipinski definition) is 3. The maximum Gasteiger partial charge on any atom is 0.245 e. The summed E-state index contributed by atoms with van der Waals surface area (Å²) in [6.07, 6.45) is 3.10. The second-order valence-corrected chi connectivity index (χ2v) is 5.10. The molecule has 2 N–H and O–H groups in total. The van der Waals surface area contributed by atoms with Gasteiger partial charge in [0, 0.05) is 13.1 Å². The van der Waals surface area contributed by atoms with Crippen molar-refractivity contribution >= 4 is 29.0 Å². The van der Waals surface area contributed by atoms with Crippen LogP contribution in [0.4, 0.5) is 0 Å². The summed E-state index contributed by atoms with van der Waals surface area (Å²) >= 11 is 4.79. The number of nitrogens with zero attached hydrogens (tertiary/aromatic N) is 2. The molecule has 6 heteroatoms. The van der Waals surface area contributed by atoms with Crippen LogP contribution in [0.1, 0.15) is 25.7 Å². The van der Waals surface area contributed by atoms with Crippen LogP contribution in [0.5, 0.6) is 0 Å². The summed E-state index contributed by atoms with van der Waals surface area (Å²) in [5.41, 5.74) is 5.41. The van der Waals surface area contributed by atoms with Crippen LogP contribution in [0.2, 0.25) is 0 Å². The molecule has 0 bridgehead atoms. The van der Waals surface area contributed by atoms with Crippen LogP contribution >= 0.6 is 12.2 Å². The van der Waals surface area contributed by atoms with E-state index in [9.17, 15) is 9.59 Å². The number of carbonyl (C=O) groups excluding carboxylic acids is 2. The van der Waals surface area contributed by atoms with Crippen molar-refractivity contribution in [3.05, 3.63) is 0 Å². The quantitative estimate of drug-likeness (QED) is 0.712. The molecule has 17 heavy (non-hydrogen) atoms. The van der Waals surface area contributed by atoms with Crippen molar-refractivity contribution in [3.8, 4) is 0 Å². The lowest BCUT2D eigenvalue weighted by Crippen LogP contribution is -2.57. The number of hydrogen-bond donors (Lipinski definition) is 1. The van der Waals surface area contributed by atoms with E-state index in [-0.39, 0.29) is 24.4 Å². The average Bonchev–Trinajstić information content (AvgIpc) is 2.74. The SMILES string of the molecule is NC(=S)CCCN1CC(=O)N2CCCC2C1=O. The van der Waals surface area contributed by atoms with Gasteiger partial charge < -0.3 is 15.5 Å². The molecule has 94 valence electrons. The van der Waals surface area contributed by atoms with Crippen LogP contribution in [0, 0.1) is 0 Å². The molecular weight excluding hydrogens is 238 g/mol. The van der Waals surface area contributed by atoms with Crippen molar-refractivity contribution in [2.45, 2.75) is 31.7 Å². The summed E-state index contributed by atoms with van der Waals surface area (Å²) in [6.45, 7) is 1.52. The molecule has 2 aliphatic rings. The predicted octanol–water partition coefficient (Wildman–Crippen LogP) is -0.114. The molecule has 0 aromatic rings. The number of nitrogens with two attached hydrogens (primary N) is 1. The van der Waals surface area contributed by atoms with E-state index >= 15 is 0 Å². The lowest BCUT2D eigenvalue weighted by Gasteiger charge is -2.36. The Kier molecular flexibility index (Phi) is 3.61. The van der Waals surface area contributed by atoms with E-state index < -0.39 is 0 Å². The number of piperazine rings is 1. The van der Waals surface area contributed by atoms with Crippen LogP contribution in [-0.4, -0.2) is 52.3 Å². The van der Waals surface area contributed by atoms with Gasteiger partial charge in [0.05, 0.1) is 11.5 Å². The first-order valence-electron chi connectivity index (χ1n) is 5.96. The van der Waals surface area contributed by atoms with Gasteiger partial charge in [-0.05, 0) is 25.7 Å². The molecule has 0 saturated carbocycles. The molecule has 1 atom stereocenters. The van der Waals surface area contributed by atoms with Crippen molar-refractivity contribution in [2.75, 3.05) is 19.6 Å². The lowest BCUT2D eigenvalue weighted by atomic mass is 10.1. The van der Waals surface area contributed by atoms with E-state index in [2.05, 4.69) is 0 Å². The zero-order chi connectivity index (χ0) is 12.4. The third-order valence-electron chi connectivity index (χ3n) is 3.35. The predicted molar refractivity (Wildman–Crippen MR) is 67.3 cm³/mol. The van der Waals surface area contributed by atoms with Gasteiger partial charge in [-0.3, -0.25) is 9.59 Å². The van der Waals surface area contributed by atoms with Gasteiger partial charge in [-0.1, -0.05) is 12.2 Å². The largest absolute Gasteiger partial charge is 0.393 e. The van der Waals surface area contributed by atoms with Crippen molar-refractivity contribution in [2.24, 2.45) is 5.73 Å². The van der Waals surface area contributed by atoms with Crippen molar-refractivity contribution in [3.63, 3.8) is 0 Å². The summed E-state index contributed by atoms with van der Waals surface area (Å²) in [4.78, 5) is 27.7. The minimum atomic E-state index is -0.207. The molecular formula is C11H17N3O2S. The summed E-state index contributed by atoms with van der Waals surface area (Å²) in [6, 6.07) is -0.207. The monoisotopic (exact) mass is 255 g/mol. The normalized spacial score (nSPS) is 24.1. The number of rotatable bonds is 4. The van der Waals surface area contributed by atoms with E-state index in [0.29, 0.717) is 18.0 Å². The maximum atomic E-state index is 12.1. The second-order valence-electron chi connectivity index (χ2n) is 4.57. The second kappa shape index (κ2) is 5.00. The van der Waals surface area contributed by atoms with Gasteiger partial charge in [0.25, 0.3) is 0 Å². The standard InChI is InChI=1S/C11H17N3O2S/c12-9(17)4-2-5-13-7-10(15)14-6-1-3-8(14)11(13)16/h8H,1-7H2,(H2,12,17). The Balaban J connectivity index is 1.92. The zero-order valence-electron chi connectivity index (χ0n) is 9.72. The number of carbonyl (C=O) groups is 2. The van der Waals surface area contributed by atoms with Crippen molar-refractivity contribution in [1.82, 2.24) is 9.80 Å².